The second kappa shape index (κ2) is 6.72. The zero-order chi connectivity index (χ0) is 14.7. The number of nitrogens with one attached hydrogen (secondary N) is 1. The molecule has 0 amide bonds. The molecule has 0 aromatic heterocycles. The summed E-state index contributed by atoms with van der Waals surface area (Å²) >= 11 is 9.71. The molecule has 2 aromatic rings. The number of hydrogen-bond acceptors (Lipinski definition) is 2. The summed E-state index contributed by atoms with van der Waals surface area (Å²) in [7, 11) is 0. The summed E-state index contributed by atoms with van der Waals surface area (Å²) in [5, 5.41) is 0.755. The van der Waals surface area contributed by atoms with Gasteiger partial charge in [0.1, 0.15) is 0 Å². The lowest BCUT2D eigenvalue weighted by atomic mass is 9.93. The van der Waals surface area contributed by atoms with Crippen molar-refractivity contribution in [3.05, 3.63) is 68.1 Å². The van der Waals surface area contributed by atoms with E-state index in [-0.39, 0.29) is 6.04 Å². The predicted octanol–water partition coefficient (Wildman–Crippen LogP) is 4.47. The van der Waals surface area contributed by atoms with E-state index in [0.717, 1.165) is 21.5 Å². The number of rotatable bonds is 4. The minimum atomic E-state index is 0.0496. The Morgan fingerprint density at radius 3 is 2.65 bits per heavy atom. The molecule has 3 N–H and O–H groups in total. The molecule has 2 rings (SSSR count). The van der Waals surface area contributed by atoms with Crippen LogP contribution >= 0.6 is 27.5 Å². The molecule has 0 saturated heterocycles. The summed E-state index contributed by atoms with van der Waals surface area (Å²) in [6.45, 7) is 4.23. The van der Waals surface area contributed by atoms with Crippen molar-refractivity contribution in [2.24, 2.45) is 5.84 Å². The predicted molar refractivity (Wildman–Crippen MR) is 88.8 cm³/mol. The first-order chi connectivity index (χ1) is 9.52. The molecule has 0 aliphatic heterocycles. The lowest BCUT2D eigenvalue weighted by Gasteiger charge is -2.20. The van der Waals surface area contributed by atoms with Crippen molar-refractivity contribution in [3.8, 4) is 0 Å². The SMILES string of the molecule is Cc1cccc(C(Cc2ccc(Br)cc2Cl)NN)c1C. The number of halogens is 2. The number of aryl methyl sites for hydroxylation is 1. The monoisotopic (exact) mass is 352 g/mol. The first-order valence-electron chi connectivity index (χ1n) is 6.49. The van der Waals surface area contributed by atoms with Crippen LogP contribution in [0.25, 0.3) is 0 Å². The summed E-state index contributed by atoms with van der Waals surface area (Å²) in [4.78, 5) is 0. The maximum absolute atomic E-state index is 6.29. The summed E-state index contributed by atoms with van der Waals surface area (Å²) in [6.07, 6.45) is 0.757. The van der Waals surface area contributed by atoms with Crippen LogP contribution in [0.15, 0.2) is 40.9 Å². The second-order valence-electron chi connectivity index (χ2n) is 4.95. The molecular weight excluding hydrogens is 336 g/mol. The summed E-state index contributed by atoms with van der Waals surface area (Å²) in [5.41, 5.74) is 7.74. The summed E-state index contributed by atoms with van der Waals surface area (Å²) < 4.78 is 0.982. The molecule has 0 aliphatic rings. The van der Waals surface area contributed by atoms with Gasteiger partial charge in [0, 0.05) is 9.50 Å². The molecule has 1 atom stereocenters. The molecule has 4 heteroatoms. The Bertz CT molecular complexity index is 613. The van der Waals surface area contributed by atoms with Crippen molar-refractivity contribution >= 4 is 27.5 Å². The van der Waals surface area contributed by atoms with Crippen LogP contribution in [0, 0.1) is 13.8 Å². The van der Waals surface area contributed by atoms with E-state index in [4.69, 9.17) is 17.4 Å². The van der Waals surface area contributed by atoms with E-state index in [1.165, 1.54) is 16.7 Å². The van der Waals surface area contributed by atoms with Gasteiger partial charge in [-0.05, 0) is 54.7 Å². The van der Waals surface area contributed by atoms with Crippen LogP contribution in [0.2, 0.25) is 5.02 Å². The molecule has 106 valence electrons. The van der Waals surface area contributed by atoms with Crippen molar-refractivity contribution in [1.29, 1.82) is 0 Å². The summed E-state index contributed by atoms with van der Waals surface area (Å²) in [5.74, 6) is 5.75. The van der Waals surface area contributed by atoms with Crippen LogP contribution in [0.4, 0.5) is 0 Å². The van der Waals surface area contributed by atoms with E-state index in [0.29, 0.717) is 0 Å². The molecule has 0 fully saturated rings. The molecular formula is C16H18BrClN2. The quantitative estimate of drug-likeness (QED) is 0.629. The Balaban J connectivity index is 2.31. The first kappa shape index (κ1) is 15.5. The standard InChI is InChI=1S/C16H18BrClN2/c1-10-4-3-5-14(11(10)2)16(20-19)8-12-6-7-13(17)9-15(12)18/h3-7,9,16,20H,8,19H2,1-2H3. The lowest BCUT2D eigenvalue weighted by molar-refractivity contribution is 0.549. The van der Waals surface area contributed by atoms with Gasteiger partial charge in [-0.1, -0.05) is 51.8 Å². The zero-order valence-electron chi connectivity index (χ0n) is 11.6. The van der Waals surface area contributed by atoms with Crippen molar-refractivity contribution in [1.82, 2.24) is 5.43 Å². The third kappa shape index (κ3) is 3.41. The maximum Gasteiger partial charge on any atom is 0.0503 e. The van der Waals surface area contributed by atoms with Crippen molar-refractivity contribution < 1.29 is 0 Å². The molecule has 0 radical (unpaired) electrons. The second-order valence-corrected chi connectivity index (χ2v) is 6.27. The Labute approximate surface area is 133 Å². The largest absolute Gasteiger partial charge is 0.271 e. The number of hydrogen-bond donors (Lipinski definition) is 2. The molecule has 0 aliphatic carbocycles. The Kier molecular flexibility index (Phi) is 5.22. The van der Waals surface area contributed by atoms with Gasteiger partial charge in [-0.25, -0.2) is 0 Å². The van der Waals surface area contributed by atoms with Crippen molar-refractivity contribution in [2.45, 2.75) is 26.3 Å². The van der Waals surface area contributed by atoms with Crippen LogP contribution in [0.3, 0.4) is 0 Å². The Hall–Kier alpha value is -0.870. The van der Waals surface area contributed by atoms with Gasteiger partial charge in [-0.3, -0.25) is 11.3 Å². The van der Waals surface area contributed by atoms with E-state index in [1.807, 2.05) is 18.2 Å². The van der Waals surface area contributed by atoms with Gasteiger partial charge in [-0.2, -0.15) is 0 Å². The molecule has 2 aromatic carbocycles. The Morgan fingerprint density at radius 2 is 2.00 bits per heavy atom. The van der Waals surface area contributed by atoms with Gasteiger partial charge in [0.05, 0.1) is 6.04 Å². The summed E-state index contributed by atoms with van der Waals surface area (Å²) in [6, 6.07) is 12.3. The van der Waals surface area contributed by atoms with Crippen LogP contribution in [0.5, 0.6) is 0 Å². The van der Waals surface area contributed by atoms with Gasteiger partial charge in [-0.15, -0.1) is 0 Å². The van der Waals surface area contributed by atoms with E-state index < -0.39 is 0 Å². The fraction of sp³-hybridized carbons (Fsp3) is 0.250. The molecule has 0 saturated carbocycles. The minimum Gasteiger partial charge on any atom is -0.271 e. The van der Waals surface area contributed by atoms with Gasteiger partial charge in [0.2, 0.25) is 0 Å². The fourth-order valence-electron chi connectivity index (χ4n) is 2.32. The van der Waals surface area contributed by atoms with Crippen LogP contribution < -0.4 is 11.3 Å². The van der Waals surface area contributed by atoms with E-state index in [2.05, 4.69) is 53.4 Å². The molecule has 20 heavy (non-hydrogen) atoms. The first-order valence-corrected chi connectivity index (χ1v) is 7.66. The average Bonchev–Trinajstić information content (AvgIpc) is 2.42. The maximum atomic E-state index is 6.29. The van der Waals surface area contributed by atoms with Gasteiger partial charge >= 0.3 is 0 Å². The molecule has 0 heterocycles. The van der Waals surface area contributed by atoms with E-state index in [1.54, 1.807) is 0 Å². The number of hydrazine groups is 1. The molecule has 2 nitrogen and oxygen atoms in total. The highest BCUT2D eigenvalue weighted by atomic mass is 79.9. The van der Waals surface area contributed by atoms with Crippen molar-refractivity contribution in [3.63, 3.8) is 0 Å². The smallest absolute Gasteiger partial charge is 0.0503 e. The molecule has 0 bridgehead atoms. The Morgan fingerprint density at radius 1 is 1.25 bits per heavy atom. The van der Waals surface area contributed by atoms with Gasteiger partial charge < -0.3 is 0 Å². The van der Waals surface area contributed by atoms with E-state index in [9.17, 15) is 0 Å². The lowest BCUT2D eigenvalue weighted by Crippen LogP contribution is -2.30. The molecule has 1 unspecified atom stereocenters. The topological polar surface area (TPSA) is 38.0 Å². The highest BCUT2D eigenvalue weighted by Crippen LogP contribution is 2.28. The zero-order valence-corrected chi connectivity index (χ0v) is 13.9. The van der Waals surface area contributed by atoms with Crippen LogP contribution in [-0.2, 0) is 6.42 Å². The van der Waals surface area contributed by atoms with E-state index >= 15 is 0 Å². The van der Waals surface area contributed by atoms with Crippen LogP contribution in [-0.4, -0.2) is 0 Å². The third-order valence-corrected chi connectivity index (χ3v) is 4.51. The van der Waals surface area contributed by atoms with Gasteiger partial charge in [0.25, 0.3) is 0 Å². The average molecular weight is 354 g/mol. The molecule has 0 spiro atoms. The normalized spacial score (nSPS) is 12.4. The third-order valence-electron chi connectivity index (χ3n) is 3.66. The minimum absolute atomic E-state index is 0.0496. The van der Waals surface area contributed by atoms with Gasteiger partial charge in [0.15, 0.2) is 0 Å². The fourth-order valence-corrected chi connectivity index (χ4v) is 3.07. The van der Waals surface area contributed by atoms with Crippen molar-refractivity contribution in [2.75, 3.05) is 0 Å². The highest BCUT2D eigenvalue weighted by molar-refractivity contribution is 9.10. The highest BCUT2D eigenvalue weighted by Gasteiger charge is 2.15. The number of benzene rings is 2. The van der Waals surface area contributed by atoms with Crippen LogP contribution in [0.1, 0.15) is 28.3 Å². The number of nitrogens with two attached hydrogens (primary N) is 1.